The summed E-state index contributed by atoms with van der Waals surface area (Å²) >= 11 is 0. The lowest BCUT2D eigenvalue weighted by Gasteiger charge is -2.15. The van der Waals surface area contributed by atoms with Gasteiger partial charge in [0.25, 0.3) is 5.91 Å². The summed E-state index contributed by atoms with van der Waals surface area (Å²) in [6.07, 6.45) is 0. The number of hydrogen-bond donors (Lipinski definition) is 1. The summed E-state index contributed by atoms with van der Waals surface area (Å²) in [6.45, 7) is 1.60. The zero-order valence-electron chi connectivity index (χ0n) is 11.2. The van der Waals surface area contributed by atoms with Gasteiger partial charge >= 0.3 is 0 Å². The Labute approximate surface area is 120 Å². The van der Waals surface area contributed by atoms with E-state index in [1.54, 1.807) is 25.1 Å². The van der Waals surface area contributed by atoms with Crippen molar-refractivity contribution in [1.82, 2.24) is 5.32 Å². The van der Waals surface area contributed by atoms with Gasteiger partial charge in [-0.3, -0.25) is 4.79 Å². The molecule has 3 nitrogen and oxygen atoms in total. The summed E-state index contributed by atoms with van der Waals surface area (Å²) in [5.41, 5.74) is 0.868. The maximum Gasteiger partial charge on any atom is 0.251 e. The molecule has 0 heterocycles. The van der Waals surface area contributed by atoms with E-state index in [1.807, 2.05) is 6.07 Å². The highest BCUT2D eigenvalue weighted by molar-refractivity contribution is 5.94. The normalized spacial score (nSPS) is 11.5. The van der Waals surface area contributed by atoms with Crippen LogP contribution < -0.4 is 5.32 Å². The van der Waals surface area contributed by atoms with Gasteiger partial charge in [-0.15, -0.1) is 0 Å². The highest BCUT2D eigenvalue weighted by atomic mass is 19.1. The molecule has 5 heteroatoms. The standard InChI is InChI=1S/C16H12F2N2O/c1-10(14-6-5-13(17)8-15(14)18)20-16(21)12-4-2-3-11(7-12)9-19/h2-8,10H,1H3,(H,20,21)/t10-/m1/s1. The zero-order valence-corrected chi connectivity index (χ0v) is 11.2. The van der Waals surface area contributed by atoms with E-state index in [9.17, 15) is 13.6 Å². The van der Waals surface area contributed by atoms with Gasteiger partial charge in [0.2, 0.25) is 0 Å². The number of nitriles is 1. The zero-order chi connectivity index (χ0) is 15.4. The molecular weight excluding hydrogens is 274 g/mol. The van der Waals surface area contributed by atoms with E-state index < -0.39 is 23.6 Å². The summed E-state index contributed by atoms with van der Waals surface area (Å²) in [7, 11) is 0. The van der Waals surface area contributed by atoms with Crippen LogP contribution in [0.25, 0.3) is 0 Å². The Morgan fingerprint density at radius 1 is 1.24 bits per heavy atom. The highest BCUT2D eigenvalue weighted by Gasteiger charge is 2.15. The lowest BCUT2D eigenvalue weighted by molar-refractivity contribution is 0.0939. The summed E-state index contributed by atoms with van der Waals surface area (Å²) in [4.78, 5) is 12.1. The molecule has 0 aliphatic rings. The third-order valence-electron chi connectivity index (χ3n) is 3.03. The number of nitrogens with one attached hydrogen (secondary N) is 1. The van der Waals surface area contributed by atoms with Crippen LogP contribution in [0.5, 0.6) is 0 Å². The Kier molecular flexibility index (Phi) is 4.29. The van der Waals surface area contributed by atoms with Crippen LogP contribution in [0.1, 0.15) is 34.5 Å². The monoisotopic (exact) mass is 286 g/mol. The first-order valence-electron chi connectivity index (χ1n) is 6.27. The molecule has 1 N–H and O–H groups in total. The van der Waals surface area contributed by atoms with Crippen LogP contribution in [0, 0.1) is 23.0 Å². The minimum Gasteiger partial charge on any atom is -0.345 e. The minimum absolute atomic E-state index is 0.196. The number of amides is 1. The third-order valence-corrected chi connectivity index (χ3v) is 3.03. The summed E-state index contributed by atoms with van der Waals surface area (Å²) in [5, 5.41) is 11.4. The second-order valence-corrected chi connectivity index (χ2v) is 4.55. The molecule has 21 heavy (non-hydrogen) atoms. The fraction of sp³-hybridized carbons (Fsp3) is 0.125. The second-order valence-electron chi connectivity index (χ2n) is 4.55. The van der Waals surface area contributed by atoms with E-state index in [0.717, 1.165) is 12.1 Å². The van der Waals surface area contributed by atoms with Crippen molar-refractivity contribution >= 4 is 5.91 Å². The van der Waals surface area contributed by atoms with Gasteiger partial charge in [0.05, 0.1) is 17.7 Å². The quantitative estimate of drug-likeness (QED) is 0.941. The Morgan fingerprint density at radius 2 is 2.00 bits per heavy atom. The van der Waals surface area contributed by atoms with Gasteiger partial charge in [0, 0.05) is 17.2 Å². The Morgan fingerprint density at radius 3 is 2.67 bits per heavy atom. The number of carbonyl (C=O) groups excluding carboxylic acids is 1. The van der Waals surface area contributed by atoms with E-state index in [4.69, 9.17) is 5.26 Å². The van der Waals surface area contributed by atoms with Crippen molar-refractivity contribution in [1.29, 1.82) is 5.26 Å². The highest BCUT2D eigenvalue weighted by Crippen LogP contribution is 2.18. The predicted molar refractivity (Wildman–Crippen MR) is 73.4 cm³/mol. The molecule has 0 aliphatic heterocycles. The van der Waals surface area contributed by atoms with Crippen LogP contribution in [0.3, 0.4) is 0 Å². The first-order chi connectivity index (χ1) is 10.0. The lowest BCUT2D eigenvalue weighted by atomic mass is 10.1. The first kappa shape index (κ1) is 14.7. The van der Waals surface area contributed by atoms with Crippen molar-refractivity contribution in [2.24, 2.45) is 0 Å². The average Bonchev–Trinajstić information content (AvgIpc) is 2.47. The fourth-order valence-electron chi connectivity index (χ4n) is 1.94. The van der Waals surface area contributed by atoms with E-state index in [-0.39, 0.29) is 5.56 Å². The van der Waals surface area contributed by atoms with Crippen LogP contribution in [0.15, 0.2) is 42.5 Å². The molecule has 0 radical (unpaired) electrons. The molecular formula is C16H12F2N2O. The molecule has 0 aromatic heterocycles. The van der Waals surface area contributed by atoms with Crippen LogP contribution in [0.4, 0.5) is 8.78 Å². The van der Waals surface area contributed by atoms with Crippen LogP contribution in [-0.2, 0) is 0 Å². The summed E-state index contributed by atoms with van der Waals surface area (Å²) in [5.74, 6) is -1.81. The number of halogens is 2. The fourth-order valence-corrected chi connectivity index (χ4v) is 1.94. The maximum absolute atomic E-state index is 13.6. The lowest BCUT2D eigenvalue weighted by Crippen LogP contribution is -2.27. The number of nitrogens with zero attached hydrogens (tertiary/aromatic N) is 1. The van der Waals surface area contributed by atoms with Gasteiger partial charge < -0.3 is 5.32 Å². The first-order valence-corrected chi connectivity index (χ1v) is 6.27. The molecule has 0 spiro atoms. The third kappa shape index (κ3) is 3.42. The molecule has 2 rings (SSSR count). The summed E-state index contributed by atoms with van der Waals surface area (Å²) < 4.78 is 26.5. The van der Waals surface area contributed by atoms with Crippen molar-refractivity contribution in [3.05, 3.63) is 70.8 Å². The Balaban J connectivity index is 2.17. The van der Waals surface area contributed by atoms with Gasteiger partial charge in [0.1, 0.15) is 11.6 Å². The maximum atomic E-state index is 13.6. The van der Waals surface area contributed by atoms with Gasteiger partial charge in [-0.1, -0.05) is 12.1 Å². The smallest absolute Gasteiger partial charge is 0.251 e. The predicted octanol–water partition coefficient (Wildman–Crippen LogP) is 3.33. The molecule has 106 valence electrons. The van der Waals surface area contributed by atoms with Crippen LogP contribution in [0.2, 0.25) is 0 Å². The van der Waals surface area contributed by atoms with Crippen molar-refractivity contribution in [3.63, 3.8) is 0 Å². The van der Waals surface area contributed by atoms with Crippen molar-refractivity contribution in [3.8, 4) is 6.07 Å². The second kappa shape index (κ2) is 6.14. The van der Waals surface area contributed by atoms with Crippen LogP contribution in [-0.4, -0.2) is 5.91 Å². The molecule has 0 unspecified atom stereocenters. The number of benzene rings is 2. The van der Waals surface area contributed by atoms with Crippen LogP contribution >= 0.6 is 0 Å². The molecule has 1 atom stereocenters. The van der Waals surface area contributed by atoms with Gasteiger partial charge in [-0.05, 0) is 31.2 Å². The molecule has 0 saturated heterocycles. The molecule has 1 amide bonds. The van der Waals surface area contributed by atoms with Gasteiger partial charge in [-0.2, -0.15) is 5.26 Å². The minimum atomic E-state index is -0.714. The molecule has 2 aromatic rings. The van der Waals surface area contributed by atoms with E-state index in [2.05, 4.69) is 5.32 Å². The summed E-state index contributed by atoms with van der Waals surface area (Å²) in [6, 6.07) is 10.7. The molecule has 0 fully saturated rings. The molecule has 0 bridgehead atoms. The number of rotatable bonds is 3. The molecule has 2 aromatic carbocycles. The number of carbonyl (C=O) groups is 1. The SMILES string of the molecule is C[C@@H](NC(=O)c1cccc(C#N)c1)c1ccc(F)cc1F. The Hall–Kier alpha value is -2.74. The number of hydrogen-bond acceptors (Lipinski definition) is 2. The molecule has 0 saturated carbocycles. The van der Waals surface area contributed by atoms with E-state index in [1.165, 1.54) is 12.1 Å². The topological polar surface area (TPSA) is 52.9 Å². The van der Waals surface area contributed by atoms with Crippen molar-refractivity contribution < 1.29 is 13.6 Å². The largest absolute Gasteiger partial charge is 0.345 e. The van der Waals surface area contributed by atoms with E-state index >= 15 is 0 Å². The van der Waals surface area contributed by atoms with Crippen molar-refractivity contribution in [2.75, 3.05) is 0 Å². The van der Waals surface area contributed by atoms with Crippen molar-refractivity contribution in [2.45, 2.75) is 13.0 Å². The van der Waals surface area contributed by atoms with E-state index in [0.29, 0.717) is 11.1 Å². The van der Waals surface area contributed by atoms with Gasteiger partial charge in [0.15, 0.2) is 0 Å². The Bertz CT molecular complexity index is 722. The molecule has 0 aliphatic carbocycles. The average molecular weight is 286 g/mol. The van der Waals surface area contributed by atoms with Gasteiger partial charge in [-0.25, -0.2) is 8.78 Å².